The van der Waals surface area contributed by atoms with Gasteiger partial charge in [0, 0.05) is 31.1 Å². The molecule has 6 nitrogen and oxygen atoms in total. The van der Waals surface area contributed by atoms with Crippen LogP contribution in [0.4, 0.5) is 0 Å². The van der Waals surface area contributed by atoms with Crippen molar-refractivity contribution < 1.29 is 14.6 Å². The van der Waals surface area contributed by atoms with Crippen molar-refractivity contribution in [2.24, 2.45) is 0 Å². The van der Waals surface area contributed by atoms with Gasteiger partial charge >= 0.3 is 0 Å². The number of hydrogen-bond acceptors (Lipinski definition) is 7. The average Bonchev–Trinajstić information content (AvgIpc) is 3.04. The van der Waals surface area contributed by atoms with Crippen molar-refractivity contribution in [2.45, 2.75) is 46.0 Å². The highest BCUT2D eigenvalue weighted by Crippen LogP contribution is 2.29. The lowest BCUT2D eigenvalue weighted by Gasteiger charge is -2.24. The summed E-state index contributed by atoms with van der Waals surface area (Å²) in [5.41, 5.74) is 2.23. The molecule has 0 saturated heterocycles. The highest BCUT2D eigenvalue weighted by atomic mass is 32.1. The first-order valence-corrected chi connectivity index (χ1v) is 10.4. The second kappa shape index (κ2) is 10.8. The monoisotopic (exact) mass is 407 g/mol. The lowest BCUT2D eigenvalue weighted by atomic mass is 10.2. The van der Waals surface area contributed by atoms with E-state index in [1.54, 1.807) is 18.4 Å². The van der Waals surface area contributed by atoms with Crippen LogP contribution in [0.2, 0.25) is 0 Å². The van der Waals surface area contributed by atoms with Crippen molar-refractivity contribution in [1.82, 2.24) is 14.8 Å². The average molecular weight is 408 g/mol. The number of nitrogens with zero attached hydrogens (tertiary/aromatic N) is 3. The second-order valence-corrected chi connectivity index (χ2v) is 8.58. The Balaban J connectivity index is 1.91. The van der Waals surface area contributed by atoms with Gasteiger partial charge < -0.3 is 19.5 Å². The summed E-state index contributed by atoms with van der Waals surface area (Å²) >= 11 is 1.68. The summed E-state index contributed by atoms with van der Waals surface area (Å²) in [5, 5.41) is 13.4. The minimum Gasteiger partial charge on any atom is -0.493 e. The second-order valence-electron chi connectivity index (χ2n) is 7.51. The Kier molecular flexibility index (Phi) is 8.69. The number of hydrogen-bond donors (Lipinski definition) is 1. The Morgan fingerprint density at radius 2 is 1.93 bits per heavy atom. The molecule has 0 spiro atoms. The molecule has 1 heterocycles. The molecule has 2 aromatic rings. The third-order valence-corrected chi connectivity index (χ3v) is 5.41. The molecule has 0 aliphatic heterocycles. The fraction of sp³-hybridized carbons (Fsp3) is 0.571. The quantitative estimate of drug-likeness (QED) is 0.617. The van der Waals surface area contributed by atoms with Crippen LogP contribution in [0.15, 0.2) is 23.6 Å². The fourth-order valence-corrected chi connectivity index (χ4v) is 3.44. The molecule has 1 atom stereocenters. The molecular formula is C21H33N3O3S. The minimum absolute atomic E-state index is 0.232. The predicted octanol–water partition coefficient (Wildman–Crippen LogP) is 3.17. The molecule has 1 N–H and O–H groups in total. The zero-order valence-corrected chi connectivity index (χ0v) is 18.6. The normalized spacial score (nSPS) is 12.8. The summed E-state index contributed by atoms with van der Waals surface area (Å²) < 4.78 is 11.3. The lowest BCUT2D eigenvalue weighted by Crippen LogP contribution is -2.36. The summed E-state index contributed by atoms with van der Waals surface area (Å²) in [6.45, 7) is 8.61. The largest absolute Gasteiger partial charge is 0.493 e. The van der Waals surface area contributed by atoms with E-state index in [2.05, 4.69) is 41.1 Å². The van der Waals surface area contributed by atoms with Gasteiger partial charge in [0.15, 0.2) is 11.5 Å². The van der Waals surface area contributed by atoms with E-state index in [-0.39, 0.29) is 6.61 Å². The zero-order valence-electron chi connectivity index (χ0n) is 17.8. The van der Waals surface area contributed by atoms with Crippen molar-refractivity contribution in [3.63, 3.8) is 0 Å². The van der Waals surface area contributed by atoms with Crippen molar-refractivity contribution in [2.75, 3.05) is 34.4 Å². The van der Waals surface area contributed by atoms with E-state index in [0.717, 1.165) is 29.4 Å². The third kappa shape index (κ3) is 7.05. The van der Waals surface area contributed by atoms with E-state index in [4.69, 9.17) is 9.47 Å². The first-order valence-electron chi connectivity index (χ1n) is 9.56. The van der Waals surface area contributed by atoms with Gasteiger partial charge in [-0.15, -0.1) is 11.3 Å². The summed E-state index contributed by atoms with van der Waals surface area (Å²) in [6, 6.07) is 6.32. The van der Waals surface area contributed by atoms with Crippen LogP contribution in [0.1, 0.15) is 30.1 Å². The topological polar surface area (TPSA) is 58.1 Å². The molecule has 0 amide bonds. The maximum Gasteiger partial charge on any atom is 0.161 e. The Morgan fingerprint density at radius 1 is 1.18 bits per heavy atom. The third-order valence-electron chi connectivity index (χ3n) is 4.59. The molecular weight excluding hydrogens is 374 g/mol. The number of aromatic nitrogens is 1. The molecule has 0 bridgehead atoms. The van der Waals surface area contributed by atoms with E-state index in [9.17, 15) is 5.11 Å². The number of benzene rings is 1. The van der Waals surface area contributed by atoms with Crippen LogP contribution in [0.3, 0.4) is 0 Å². The minimum atomic E-state index is -0.551. The van der Waals surface area contributed by atoms with Crippen molar-refractivity contribution in [1.29, 1.82) is 0 Å². The van der Waals surface area contributed by atoms with Crippen LogP contribution < -0.4 is 9.47 Å². The molecule has 1 aromatic carbocycles. The van der Waals surface area contributed by atoms with Gasteiger partial charge in [-0.05, 0) is 52.6 Å². The number of ether oxygens (including phenoxy) is 2. The molecule has 7 heteroatoms. The number of aliphatic hydroxyl groups excluding tert-OH is 1. The maximum atomic E-state index is 10.2. The van der Waals surface area contributed by atoms with Crippen molar-refractivity contribution in [3.05, 3.63) is 39.8 Å². The number of thiazole rings is 1. The first kappa shape index (κ1) is 22.6. The molecule has 1 aromatic heterocycles. The Bertz CT molecular complexity index is 735. The molecule has 156 valence electrons. The predicted molar refractivity (Wildman–Crippen MR) is 114 cm³/mol. The Morgan fingerprint density at radius 3 is 2.54 bits per heavy atom. The Labute approximate surface area is 172 Å². The standard InChI is InChI=1S/C21H33N3O3S/c1-15(2)24(5)12-19(25)13-27-20-8-7-17(9-21(20)26-6)10-23(4)11-18-14-28-16(3)22-18/h7-9,14-15,19,25H,10-13H2,1-6H3/t19-/m1/s1. The van der Waals surface area contributed by atoms with Gasteiger partial charge in [0.25, 0.3) is 0 Å². The van der Waals surface area contributed by atoms with E-state index in [1.165, 1.54) is 0 Å². The van der Waals surface area contributed by atoms with Gasteiger partial charge in [-0.3, -0.25) is 4.90 Å². The number of aryl methyl sites for hydroxylation is 1. The summed E-state index contributed by atoms with van der Waals surface area (Å²) in [4.78, 5) is 8.83. The molecule has 0 aliphatic rings. The van der Waals surface area contributed by atoms with Crippen LogP contribution in [0, 0.1) is 6.92 Å². The van der Waals surface area contributed by atoms with Crippen LogP contribution in [-0.4, -0.2) is 66.4 Å². The number of likely N-dealkylation sites (N-methyl/N-ethyl adjacent to an activating group) is 1. The van der Waals surface area contributed by atoms with Gasteiger partial charge in [-0.2, -0.15) is 0 Å². The van der Waals surface area contributed by atoms with Gasteiger partial charge in [0.1, 0.15) is 12.7 Å². The molecule has 2 rings (SSSR count). The van der Waals surface area contributed by atoms with E-state index in [0.29, 0.717) is 24.1 Å². The summed E-state index contributed by atoms with van der Waals surface area (Å²) in [6.07, 6.45) is -0.551. The van der Waals surface area contributed by atoms with Crippen molar-refractivity contribution in [3.8, 4) is 11.5 Å². The van der Waals surface area contributed by atoms with E-state index in [1.807, 2.05) is 32.2 Å². The lowest BCUT2D eigenvalue weighted by molar-refractivity contribution is 0.0668. The Hall–Kier alpha value is -1.67. The summed E-state index contributed by atoms with van der Waals surface area (Å²) in [5.74, 6) is 1.33. The molecule has 28 heavy (non-hydrogen) atoms. The maximum absolute atomic E-state index is 10.2. The van der Waals surface area contributed by atoms with Gasteiger partial charge in [0.2, 0.25) is 0 Å². The summed E-state index contributed by atoms with van der Waals surface area (Å²) in [7, 11) is 5.70. The molecule has 0 aliphatic carbocycles. The van der Waals surface area contributed by atoms with E-state index < -0.39 is 6.10 Å². The van der Waals surface area contributed by atoms with Crippen molar-refractivity contribution >= 4 is 11.3 Å². The molecule has 0 unspecified atom stereocenters. The van der Waals surface area contributed by atoms with Crippen LogP contribution in [0.5, 0.6) is 11.5 Å². The zero-order chi connectivity index (χ0) is 20.7. The van der Waals surface area contributed by atoms with Gasteiger partial charge in [0.05, 0.1) is 17.8 Å². The number of aliphatic hydroxyl groups is 1. The SMILES string of the molecule is COc1cc(CN(C)Cc2csc(C)n2)ccc1OC[C@H](O)CN(C)C(C)C. The van der Waals surface area contributed by atoms with Crippen LogP contribution in [-0.2, 0) is 13.1 Å². The molecule has 0 fully saturated rings. The van der Waals surface area contributed by atoms with E-state index >= 15 is 0 Å². The van der Waals surface area contributed by atoms with Crippen LogP contribution in [0.25, 0.3) is 0 Å². The van der Waals surface area contributed by atoms with Crippen LogP contribution >= 0.6 is 11.3 Å². The highest BCUT2D eigenvalue weighted by molar-refractivity contribution is 7.09. The fourth-order valence-electron chi connectivity index (χ4n) is 2.84. The van der Waals surface area contributed by atoms with Gasteiger partial charge in [-0.1, -0.05) is 6.07 Å². The molecule has 0 radical (unpaired) electrons. The highest BCUT2D eigenvalue weighted by Gasteiger charge is 2.14. The number of methoxy groups -OCH3 is 1. The first-order chi connectivity index (χ1) is 13.3. The number of rotatable bonds is 11. The van der Waals surface area contributed by atoms with Gasteiger partial charge in [-0.25, -0.2) is 4.98 Å². The molecule has 0 saturated carbocycles. The smallest absolute Gasteiger partial charge is 0.161 e.